The molecular weight excluding hydrogens is 274 g/mol. The van der Waals surface area contributed by atoms with Crippen LogP contribution in [0.1, 0.15) is 33.2 Å². The number of nitrogens with two attached hydrogens (primary N) is 1. The van der Waals surface area contributed by atoms with Crippen LogP contribution >= 0.6 is 11.3 Å². The topological polar surface area (TPSA) is 77.2 Å². The van der Waals surface area contributed by atoms with Gasteiger partial charge in [0.05, 0.1) is 18.7 Å². The number of ether oxygens (including phenoxy) is 1. The summed E-state index contributed by atoms with van der Waals surface area (Å²) in [4.78, 5) is 17.6. The van der Waals surface area contributed by atoms with Crippen LogP contribution in [0.4, 0.5) is 5.69 Å². The first-order valence-corrected chi connectivity index (χ1v) is 6.99. The molecule has 2 aromatic rings. The van der Waals surface area contributed by atoms with Crippen molar-refractivity contribution in [2.75, 3.05) is 12.8 Å². The zero-order valence-corrected chi connectivity index (χ0v) is 12.5. The molecule has 0 spiro atoms. The molecular formula is C14H17N3O2S. The van der Waals surface area contributed by atoms with E-state index < -0.39 is 0 Å². The number of anilines is 1. The maximum atomic E-state index is 12.3. The average molecular weight is 291 g/mol. The van der Waals surface area contributed by atoms with Crippen molar-refractivity contribution >= 4 is 22.9 Å². The van der Waals surface area contributed by atoms with Crippen molar-refractivity contribution in [2.45, 2.75) is 19.9 Å². The second-order valence-electron chi connectivity index (χ2n) is 4.46. The van der Waals surface area contributed by atoms with E-state index in [1.807, 2.05) is 13.8 Å². The molecule has 0 saturated carbocycles. The van der Waals surface area contributed by atoms with E-state index in [2.05, 4.69) is 10.3 Å². The lowest BCUT2D eigenvalue weighted by molar-refractivity contribution is 0.0940. The minimum absolute atomic E-state index is 0.160. The van der Waals surface area contributed by atoms with Crippen LogP contribution < -0.4 is 15.8 Å². The first-order chi connectivity index (χ1) is 9.51. The Balaban J connectivity index is 2.15. The molecule has 20 heavy (non-hydrogen) atoms. The smallest absolute Gasteiger partial charge is 0.254 e. The number of carbonyl (C=O) groups excluding carboxylic acids is 1. The second-order valence-corrected chi connectivity index (χ2v) is 5.72. The van der Waals surface area contributed by atoms with Crippen molar-refractivity contribution < 1.29 is 9.53 Å². The van der Waals surface area contributed by atoms with Gasteiger partial charge in [0.2, 0.25) is 0 Å². The van der Waals surface area contributed by atoms with Crippen molar-refractivity contribution in [3.05, 3.63) is 39.8 Å². The molecule has 0 aliphatic rings. The number of thiazole rings is 1. The fourth-order valence-electron chi connectivity index (χ4n) is 1.77. The molecule has 0 fully saturated rings. The molecule has 2 rings (SSSR count). The van der Waals surface area contributed by atoms with E-state index >= 15 is 0 Å². The zero-order chi connectivity index (χ0) is 14.7. The van der Waals surface area contributed by atoms with E-state index in [1.54, 1.807) is 42.8 Å². The Morgan fingerprint density at radius 1 is 1.50 bits per heavy atom. The van der Waals surface area contributed by atoms with Gasteiger partial charge in [-0.2, -0.15) is 0 Å². The van der Waals surface area contributed by atoms with Crippen LogP contribution in [0, 0.1) is 6.92 Å². The van der Waals surface area contributed by atoms with Gasteiger partial charge in [0.15, 0.2) is 0 Å². The number of nitrogens with zero attached hydrogens (tertiary/aromatic N) is 1. The Morgan fingerprint density at radius 2 is 2.25 bits per heavy atom. The molecule has 1 atom stereocenters. The summed E-state index contributed by atoms with van der Waals surface area (Å²) < 4.78 is 5.11. The fraction of sp³-hybridized carbons (Fsp3) is 0.286. The van der Waals surface area contributed by atoms with E-state index in [0.29, 0.717) is 17.0 Å². The van der Waals surface area contributed by atoms with E-state index in [0.717, 1.165) is 9.88 Å². The van der Waals surface area contributed by atoms with Gasteiger partial charge in [-0.25, -0.2) is 4.98 Å². The minimum atomic E-state index is -0.234. The molecule has 1 aromatic carbocycles. The van der Waals surface area contributed by atoms with Gasteiger partial charge in [0.1, 0.15) is 10.8 Å². The largest absolute Gasteiger partial charge is 0.497 e. The van der Waals surface area contributed by atoms with Crippen molar-refractivity contribution in [3.63, 3.8) is 0 Å². The zero-order valence-electron chi connectivity index (χ0n) is 11.6. The third kappa shape index (κ3) is 3.08. The SMILES string of the molecule is COc1ccc(N)c(C(=O)NC(C)c2ncc(C)s2)c1. The molecule has 1 aromatic heterocycles. The van der Waals surface area contributed by atoms with Gasteiger partial charge >= 0.3 is 0 Å². The Kier molecular flexibility index (Phi) is 4.24. The number of benzene rings is 1. The number of hydrogen-bond acceptors (Lipinski definition) is 5. The Hall–Kier alpha value is -2.08. The summed E-state index contributed by atoms with van der Waals surface area (Å²) in [6.07, 6.45) is 1.79. The van der Waals surface area contributed by atoms with Crippen molar-refractivity contribution in [1.82, 2.24) is 10.3 Å². The molecule has 6 heteroatoms. The van der Waals surface area contributed by atoms with Crippen LogP contribution in [-0.2, 0) is 0 Å². The lowest BCUT2D eigenvalue weighted by atomic mass is 10.1. The molecule has 1 amide bonds. The third-order valence-corrected chi connectivity index (χ3v) is 3.96. The van der Waals surface area contributed by atoms with E-state index in [-0.39, 0.29) is 11.9 Å². The summed E-state index contributed by atoms with van der Waals surface area (Å²) >= 11 is 1.56. The first kappa shape index (κ1) is 14.3. The average Bonchev–Trinajstić information content (AvgIpc) is 2.86. The summed E-state index contributed by atoms with van der Waals surface area (Å²) in [5.41, 5.74) is 6.66. The Morgan fingerprint density at radius 3 is 2.85 bits per heavy atom. The fourth-order valence-corrected chi connectivity index (χ4v) is 2.54. The maximum absolute atomic E-state index is 12.3. The quantitative estimate of drug-likeness (QED) is 0.849. The molecule has 0 saturated heterocycles. The molecule has 1 unspecified atom stereocenters. The van der Waals surface area contributed by atoms with Crippen LogP contribution in [0.5, 0.6) is 5.75 Å². The number of aromatic nitrogens is 1. The highest BCUT2D eigenvalue weighted by molar-refractivity contribution is 7.11. The number of carbonyl (C=O) groups is 1. The number of amides is 1. The van der Waals surface area contributed by atoms with E-state index in [4.69, 9.17) is 10.5 Å². The highest BCUT2D eigenvalue weighted by atomic mass is 32.1. The normalized spacial score (nSPS) is 11.9. The van der Waals surface area contributed by atoms with Gasteiger partial charge in [0.25, 0.3) is 5.91 Å². The molecule has 1 heterocycles. The number of rotatable bonds is 4. The van der Waals surface area contributed by atoms with Gasteiger partial charge in [0, 0.05) is 16.8 Å². The summed E-state index contributed by atoms with van der Waals surface area (Å²) in [5.74, 6) is 0.365. The Labute approximate surface area is 121 Å². The number of aryl methyl sites for hydroxylation is 1. The van der Waals surface area contributed by atoms with Gasteiger partial charge in [-0.1, -0.05) is 0 Å². The lowest BCUT2D eigenvalue weighted by Crippen LogP contribution is -2.27. The van der Waals surface area contributed by atoms with Crippen molar-refractivity contribution in [2.24, 2.45) is 0 Å². The van der Waals surface area contributed by atoms with Gasteiger partial charge in [-0.3, -0.25) is 4.79 Å². The highest BCUT2D eigenvalue weighted by Gasteiger charge is 2.16. The van der Waals surface area contributed by atoms with Gasteiger partial charge < -0.3 is 15.8 Å². The van der Waals surface area contributed by atoms with Crippen LogP contribution in [0.2, 0.25) is 0 Å². The molecule has 5 nitrogen and oxygen atoms in total. The second kappa shape index (κ2) is 5.92. The first-order valence-electron chi connectivity index (χ1n) is 6.18. The monoisotopic (exact) mass is 291 g/mol. The molecule has 106 valence electrons. The van der Waals surface area contributed by atoms with E-state index in [9.17, 15) is 4.79 Å². The minimum Gasteiger partial charge on any atom is -0.497 e. The highest BCUT2D eigenvalue weighted by Crippen LogP contribution is 2.22. The predicted molar refractivity (Wildman–Crippen MR) is 80.1 cm³/mol. The van der Waals surface area contributed by atoms with Crippen molar-refractivity contribution in [1.29, 1.82) is 0 Å². The standard InChI is InChI=1S/C14H17N3O2S/c1-8-7-16-14(20-8)9(2)17-13(18)11-6-10(19-3)4-5-12(11)15/h4-7,9H,15H2,1-3H3,(H,17,18). The van der Waals surface area contributed by atoms with Gasteiger partial charge in [-0.15, -0.1) is 11.3 Å². The number of methoxy groups -OCH3 is 1. The van der Waals surface area contributed by atoms with Crippen molar-refractivity contribution in [3.8, 4) is 5.75 Å². The van der Waals surface area contributed by atoms with Crippen LogP contribution in [0.15, 0.2) is 24.4 Å². The molecule has 0 radical (unpaired) electrons. The molecule has 0 aliphatic carbocycles. The lowest BCUT2D eigenvalue weighted by Gasteiger charge is -2.13. The summed E-state index contributed by atoms with van der Waals surface area (Å²) in [5, 5.41) is 3.76. The Bertz CT molecular complexity index is 625. The summed E-state index contributed by atoms with van der Waals surface area (Å²) in [6, 6.07) is 4.85. The number of hydrogen-bond donors (Lipinski definition) is 2. The third-order valence-electron chi connectivity index (χ3n) is 2.86. The van der Waals surface area contributed by atoms with Crippen LogP contribution in [0.3, 0.4) is 0 Å². The maximum Gasteiger partial charge on any atom is 0.254 e. The molecule has 3 N–H and O–H groups in total. The molecule has 0 bridgehead atoms. The number of nitrogen functional groups attached to an aromatic ring is 1. The van der Waals surface area contributed by atoms with E-state index in [1.165, 1.54) is 0 Å². The summed E-state index contributed by atoms with van der Waals surface area (Å²) in [6.45, 7) is 3.88. The number of nitrogens with one attached hydrogen (secondary N) is 1. The van der Waals surface area contributed by atoms with Crippen LogP contribution in [-0.4, -0.2) is 18.0 Å². The molecule has 0 aliphatic heterocycles. The van der Waals surface area contributed by atoms with Gasteiger partial charge in [-0.05, 0) is 32.0 Å². The predicted octanol–water partition coefficient (Wildman–Crippen LogP) is 2.53. The summed E-state index contributed by atoms with van der Waals surface area (Å²) in [7, 11) is 1.55. The van der Waals surface area contributed by atoms with Crippen LogP contribution in [0.25, 0.3) is 0 Å².